The van der Waals surface area contributed by atoms with E-state index in [0.29, 0.717) is 22.6 Å². The van der Waals surface area contributed by atoms with Crippen LogP contribution in [-0.4, -0.2) is 23.7 Å². The Morgan fingerprint density at radius 1 is 1.17 bits per heavy atom. The number of aromatic nitrogens is 2. The Morgan fingerprint density at radius 2 is 1.92 bits per heavy atom. The number of nitrogens with zero attached hydrogens (tertiary/aromatic N) is 2. The van der Waals surface area contributed by atoms with Crippen LogP contribution in [0.3, 0.4) is 0 Å². The van der Waals surface area contributed by atoms with Crippen LogP contribution in [-0.2, 0) is 11.2 Å². The Bertz CT molecular complexity index is 704. The van der Waals surface area contributed by atoms with Gasteiger partial charge in [-0.3, -0.25) is 0 Å². The highest BCUT2D eigenvalue weighted by Crippen LogP contribution is 2.29. The molecule has 1 heterocycles. The van der Waals surface area contributed by atoms with Crippen molar-refractivity contribution in [3.63, 3.8) is 0 Å². The molecule has 0 N–H and O–H groups in total. The van der Waals surface area contributed by atoms with Crippen molar-refractivity contribution in [3.8, 4) is 11.6 Å². The van der Waals surface area contributed by atoms with E-state index in [2.05, 4.69) is 16.9 Å². The largest absolute Gasteiger partial charge is 0.438 e. The van der Waals surface area contributed by atoms with E-state index in [9.17, 15) is 0 Å². The maximum atomic E-state index is 6.05. The first-order chi connectivity index (χ1) is 11.4. The molecule has 130 valence electrons. The molecular formula is C19H25ClN2O2. The molecule has 0 aliphatic heterocycles. The van der Waals surface area contributed by atoms with Crippen LogP contribution in [0, 0.1) is 26.7 Å². The highest BCUT2D eigenvalue weighted by molar-refractivity contribution is 6.30. The number of methoxy groups -OCH3 is 1. The van der Waals surface area contributed by atoms with Crippen LogP contribution >= 0.6 is 11.6 Å². The van der Waals surface area contributed by atoms with E-state index in [1.54, 1.807) is 7.11 Å². The van der Waals surface area contributed by atoms with Gasteiger partial charge in [0.05, 0.1) is 5.69 Å². The summed E-state index contributed by atoms with van der Waals surface area (Å²) in [7, 11) is 1.73. The Kier molecular flexibility index (Phi) is 6.58. The lowest BCUT2D eigenvalue weighted by Crippen LogP contribution is -2.13. The van der Waals surface area contributed by atoms with Gasteiger partial charge in [0.1, 0.15) is 11.6 Å². The first-order valence-corrected chi connectivity index (χ1v) is 8.59. The summed E-state index contributed by atoms with van der Waals surface area (Å²) >= 11 is 6.01. The molecule has 1 atom stereocenters. The van der Waals surface area contributed by atoms with Gasteiger partial charge in [0, 0.05) is 24.3 Å². The molecule has 1 aromatic carbocycles. The molecule has 0 radical (unpaired) electrons. The topological polar surface area (TPSA) is 44.2 Å². The van der Waals surface area contributed by atoms with Crippen LogP contribution in [0.4, 0.5) is 0 Å². The van der Waals surface area contributed by atoms with Crippen LogP contribution in [0.25, 0.3) is 0 Å². The zero-order chi connectivity index (χ0) is 17.7. The van der Waals surface area contributed by atoms with Gasteiger partial charge in [-0.05, 0) is 56.9 Å². The van der Waals surface area contributed by atoms with Gasteiger partial charge >= 0.3 is 0 Å². The average molecular weight is 349 g/mol. The van der Waals surface area contributed by atoms with E-state index < -0.39 is 0 Å². The fraction of sp³-hybridized carbons (Fsp3) is 0.474. The molecule has 0 amide bonds. The third-order valence-electron chi connectivity index (χ3n) is 4.12. The van der Waals surface area contributed by atoms with Crippen LogP contribution in [0.15, 0.2) is 18.2 Å². The highest BCUT2D eigenvalue weighted by Gasteiger charge is 2.16. The summed E-state index contributed by atoms with van der Waals surface area (Å²) < 4.78 is 11.4. The average Bonchev–Trinajstić information content (AvgIpc) is 2.53. The van der Waals surface area contributed by atoms with Gasteiger partial charge in [-0.15, -0.1) is 0 Å². The first-order valence-electron chi connectivity index (χ1n) is 8.21. The van der Waals surface area contributed by atoms with Crippen LogP contribution < -0.4 is 4.74 Å². The van der Waals surface area contributed by atoms with Gasteiger partial charge in [0.2, 0.25) is 5.88 Å². The van der Waals surface area contributed by atoms with Gasteiger partial charge in [0.15, 0.2) is 0 Å². The molecule has 0 spiro atoms. The summed E-state index contributed by atoms with van der Waals surface area (Å²) in [5.41, 5.74) is 2.98. The molecular weight excluding hydrogens is 324 g/mol. The fourth-order valence-electron chi connectivity index (χ4n) is 2.62. The summed E-state index contributed by atoms with van der Waals surface area (Å²) in [6, 6.07) is 5.57. The van der Waals surface area contributed by atoms with Crippen molar-refractivity contribution < 1.29 is 9.47 Å². The minimum absolute atomic E-state index is 0.438. The Hall–Kier alpha value is -1.65. The predicted octanol–water partition coefficient (Wildman–Crippen LogP) is 5.06. The summed E-state index contributed by atoms with van der Waals surface area (Å²) in [5.74, 6) is 2.52. The van der Waals surface area contributed by atoms with Gasteiger partial charge in [0.25, 0.3) is 0 Å². The molecule has 5 heteroatoms. The molecule has 0 aliphatic rings. The minimum atomic E-state index is 0.438. The number of aryl methyl sites for hydroxylation is 2. The van der Waals surface area contributed by atoms with Crippen molar-refractivity contribution in [3.05, 3.63) is 45.9 Å². The summed E-state index contributed by atoms with van der Waals surface area (Å²) in [6.45, 7) is 8.76. The van der Waals surface area contributed by atoms with Crippen LogP contribution in [0.5, 0.6) is 11.6 Å². The van der Waals surface area contributed by atoms with Gasteiger partial charge in [-0.1, -0.05) is 24.9 Å². The molecule has 1 unspecified atom stereocenters. The fourth-order valence-corrected chi connectivity index (χ4v) is 2.84. The molecule has 24 heavy (non-hydrogen) atoms. The highest BCUT2D eigenvalue weighted by atomic mass is 35.5. The van der Waals surface area contributed by atoms with E-state index in [1.807, 2.05) is 39.0 Å². The number of hydrogen-bond donors (Lipinski definition) is 0. The zero-order valence-corrected chi connectivity index (χ0v) is 15.8. The second-order valence-corrected chi connectivity index (χ2v) is 6.53. The van der Waals surface area contributed by atoms with E-state index in [4.69, 9.17) is 21.1 Å². The quantitative estimate of drug-likeness (QED) is 0.701. The SMILES string of the molecule is CCC(COC)Cc1nc(C)nc(Oc2ccc(Cl)cc2C)c1C. The van der Waals surface area contributed by atoms with Gasteiger partial charge < -0.3 is 9.47 Å². The number of hydrogen-bond acceptors (Lipinski definition) is 4. The molecule has 2 rings (SSSR count). The molecule has 0 saturated heterocycles. The second-order valence-electron chi connectivity index (χ2n) is 6.09. The number of halogens is 1. The second kappa shape index (κ2) is 8.45. The first kappa shape index (κ1) is 18.7. The van der Waals surface area contributed by atoms with Crippen molar-refractivity contribution in [1.29, 1.82) is 0 Å². The Morgan fingerprint density at radius 3 is 2.54 bits per heavy atom. The van der Waals surface area contributed by atoms with Crippen molar-refractivity contribution in [2.24, 2.45) is 5.92 Å². The van der Waals surface area contributed by atoms with Gasteiger partial charge in [-0.2, -0.15) is 4.98 Å². The number of benzene rings is 1. The molecule has 4 nitrogen and oxygen atoms in total. The van der Waals surface area contributed by atoms with Crippen molar-refractivity contribution in [1.82, 2.24) is 9.97 Å². The zero-order valence-electron chi connectivity index (χ0n) is 15.0. The maximum Gasteiger partial charge on any atom is 0.225 e. The lowest BCUT2D eigenvalue weighted by Gasteiger charge is -2.17. The van der Waals surface area contributed by atoms with Crippen molar-refractivity contribution in [2.45, 2.75) is 40.5 Å². The normalized spacial score (nSPS) is 12.2. The van der Waals surface area contributed by atoms with Crippen molar-refractivity contribution >= 4 is 11.6 Å². The van der Waals surface area contributed by atoms with Crippen LogP contribution in [0.1, 0.15) is 36.0 Å². The van der Waals surface area contributed by atoms with Crippen LogP contribution in [0.2, 0.25) is 5.02 Å². The summed E-state index contributed by atoms with van der Waals surface area (Å²) in [5, 5.41) is 0.696. The lowest BCUT2D eigenvalue weighted by molar-refractivity contribution is 0.149. The standard InChI is InChI=1S/C19H25ClN2O2/c1-6-15(11-23-5)10-17-13(3)19(22-14(4)21-17)24-18-8-7-16(20)9-12(18)2/h7-9,15H,6,10-11H2,1-5H3. The Balaban J connectivity index is 2.30. The van der Waals surface area contributed by atoms with E-state index in [-0.39, 0.29) is 0 Å². The smallest absolute Gasteiger partial charge is 0.225 e. The van der Waals surface area contributed by atoms with E-state index in [1.165, 1.54) is 0 Å². The number of rotatable bonds is 7. The number of ether oxygens (including phenoxy) is 2. The third kappa shape index (κ3) is 4.68. The predicted molar refractivity (Wildman–Crippen MR) is 97.1 cm³/mol. The molecule has 2 aromatic rings. The molecule has 0 bridgehead atoms. The van der Waals surface area contributed by atoms with Gasteiger partial charge in [-0.25, -0.2) is 4.98 Å². The maximum absolute atomic E-state index is 6.05. The summed E-state index contributed by atoms with van der Waals surface area (Å²) in [4.78, 5) is 9.09. The van der Waals surface area contributed by atoms with E-state index >= 15 is 0 Å². The molecule has 0 aliphatic carbocycles. The third-order valence-corrected chi connectivity index (χ3v) is 4.35. The van der Waals surface area contributed by atoms with Crippen molar-refractivity contribution in [2.75, 3.05) is 13.7 Å². The molecule has 1 aromatic heterocycles. The monoisotopic (exact) mass is 348 g/mol. The minimum Gasteiger partial charge on any atom is -0.438 e. The molecule has 0 saturated carbocycles. The summed E-state index contributed by atoms with van der Waals surface area (Å²) in [6.07, 6.45) is 1.90. The lowest BCUT2D eigenvalue weighted by atomic mass is 9.99. The molecule has 0 fully saturated rings. The van der Waals surface area contributed by atoms with E-state index in [0.717, 1.165) is 42.0 Å². The Labute approximate surface area is 149 Å².